The molecule has 1 heterocycles. The third kappa shape index (κ3) is 3.80. The van der Waals surface area contributed by atoms with Crippen LogP contribution in [0.3, 0.4) is 0 Å². The van der Waals surface area contributed by atoms with Crippen LogP contribution in [0.5, 0.6) is 5.75 Å². The molecule has 0 atom stereocenters. The molecule has 3 aromatic rings. The van der Waals surface area contributed by atoms with E-state index in [0.717, 1.165) is 11.3 Å². The van der Waals surface area contributed by atoms with Crippen LogP contribution in [0.25, 0.3) is 11.3 Å². The van der Waals surface area contributed by atoms with E-state index in [9.17, 15) is 4.79 Å². The van der Waals surface area contributed by atoms with E-state index in [1.807, 2.05) is 35.7 Å². The monoisotopic (exact) mass is 334 g/mol. The third-order valence-electron chi connectivity index (χ3n) is 3.23. The summed E-state index contributed by atoms with van der Waals surface area (Å²) >= 11 is 1.39. The number of carbonyl (C=O) groups excluding carboxylic acids is 1. The quantitative estimate of drug-likeness (QED) is 0.716. The van der Waals surface area contributed by atoms with Crippen molar-refractivity contribution < 1.29 is 9.53 Å². The van der Waals surface area contributed by atoms with Gasteiger partial charge in [-0.05, 0) is 24.3 Å². The van der Waals surface area contributed by atoms with Crippen molar-refractivity contribution in [1.29, 1.82) is 0 Å². The number of hydrogen-bond acceptors (Lipinski definition) is 4. The Balaban J connectivity index is 1.67. The lowest BCUT2D eigenvalue weighted by Crippen LogP contribution is -2.11. The molecule has 2 aromatic carbocycles. The maximum atomic E-state index is 12.3. The van der Waals surface area contributed by atoms with Crippen molar-refractivity contribution in [2.24, 2.45) is 0 Å². The molecule has 1 aromatic heterocycles. The van der Waals surface area contributed by atoms with Crippen LogP contribution in [0, 0.1) is 12.3 Å². The van der Waals surface area contributed by atoms with Crippen molar-refractivity contribution in [3.05, 3.63) is 65.5 Å². The highest BCUT2D eigenvalue weighted by Crippen LogP contribution is 2.25. The number of nitrogens with one attached hydrogen (secondary N) is 1. The zero-order chi connectivity index (χ0) is 16.8. The van der Waals surface area contributed by atoms with Gasteiger partial charge in [-0.15, -0.1) is 17.8 Å². The van der Waals surface area contributed by atoms with Gasteiger partial charge in [0.15, 0.2) is 5.13 Å². The minimum absolute atomic E-state index is 0.201. The summed E-state index contributed by atoms with van der Waals surface area (Å²) in [6.45, 7) is 0.201. The Morgan fingerprint density at radius 1 is 1.17 bits per heavy atom. The first kappa shape index (κ1) is 15.8. The van der Waals surface area contributed by atoms with E-state index < -0.39 is 0 Å². The lowest BCUT2D eigenvalue weighted by atomic mass is 10.2. The summed E-state index contributed by atoms with van der Waals surface area (Å²) in [4.78, 5) is 16.7. The van der Waals surface area contributed by atoms with Crippen LogP contribution in [0.4, 0.5) is 5.13 Å². The van der Waals surface area contributed by atoms with Crippen molar-refractivity contribution in [2.45, 2.75) is 0 Å². The summed E-state index contributed by atoms with van der Waals surface area (Å²) in [5.74, 6) is 2.81. The Morgan fingerprint density at radius 2 is 1.92 bits per heavy atom. The second kappa shape index (κ2) is 7.44. The molecule has 0 unspecified atom stereocenters. The number of benzene rings is 2. The summed E-state index contributed by atoms with van der Waals surface area (Å²) in [7, 11) is 0. The standard InChI is InChI=1S/C19H14N2O2S/c1-2-12-23-16-10-8-15(9-11-16)18(22)21-19-20-17(13-24-19)14-6-4-3-5-7-14/h1,3-11,13H,12H2,(H,20,21,22). The Morgan fingerprint density at radius 3 is 2.62 bits per heavy atom. The van der Waals surface area contributed by atoms with E-state index in [1.165, 1.54) is 11.3 Å². The number of rotatable bonds is 5. The highest BCUT2D eigenvalue weighted by Gasteiger charge is 2.10. The molecule has 5 heteroatoms. The zero-order valence-electron chi connectivity index (χ0n) is 12.7. The van der Waals surface area contributed by atoms with Gasteiger partial charge in [0.2, 0.25) is 0 Å². The van der Waals surface area contributed by atoms with Gasteiger partial charge in [0.25, 0.3) is 5.91 Å². The number of hydrogen-bond donors (Lipinski definition) is 1. The predicted molar refractivity (Wildman–Crippen MR) is 96.3 cm³/mol. The molecule has 0 aliphatic heterocycles. The number of amides is 1. The number of aromatic nitrogens is 1. The summed E-state index contributed by atoms with van der Waals surface area (Å²) in [6.07, 6.45) is 5.14. The molecule has 1 amide bonds. The summed E-state index contributed by atoms with van der Waals surface area (Å²) in [5.41, 5.74) is 2.39. The van der Waals surface area contributed by atoms with Gasteiger partial charge in [-0.1, -0.05) is 36.3 Å². The second-order valence-corrected chi connectivity index (χ2v) is 5.73. The summed E-state index contributed by atoms with van der Waals surface area (Å²) < 4.78 is 5.28. The molecule has 0 fully saturated rings. The first-order valence-corrected chi connectivity index (χ1v) is 8.13. The number of nitrogens with zero attached hydrogens (tertiary/aromatic N) is 1. The highest BCUT2D eigenvalue weighted by molar-refractivity contribution is 7.14. The van der Waals surface area contributed by atoms with E-state index in [0.29, 0.717) is 16.4 Å². The molecule has 0 saturated carbocycles. The Bertz CT molecular complexity index is 864. The van der Waals surface area contributed by atoms with Gasteiger partial charge in [0.1, 0.15) is 12.4 Å². The maximum absolute atomic E-state index is 12.3. The van der Waals surface area contributed by atoms with Crippen LogP contribution < -0.4 is 10.1 Å². The number of carbonyl (C=O) groups is 1. The Labute approximate surface area is 144 Å². The fourth-order valence-electron chi connectivity index (χ4n) is 2.07. The van der Waals surface area contributed by atoms with E-state index >= 15 is 0 Å². The second-order valence-electron chi connectivity index (χ2n) is 4.88. The van der Waals surface area contributed by atoms with Gasteiger partial charge in [-0.3, -0.25) is 10.1 Å². The Hall–Kier alpha value is -3.10. The van der Waals surface area contributed by atoms with Crippen molar-refractivity contribution in [3.63, 3.8) is 0 Å². The van der Waals surface area contributed by atoms with Gasteiger partial charge >= 0.3 is 0 Å². The molecular weight excluding hydrogens is 320 g/mol. The SMILES string of the molecule is C#CCOc1ccc(C(=O)Nc2nc(-c3ccccc3)cs2)cc1. The average molecular weight is 334 g/mol. The molecule has 0 aliphatic carbocycles. The van der Waals surface area contributed by atoms with Crippen LogP contribution in [-0.4, -0.2) is 17.5 Å². The molecular formula is C19H14N2O2S. The summed E-state index contributed by atoms with van der Waals surface area (Å²) in [5, 5.41) is 5.29. The van der Waals surface area contributed by atoms with Gasteiger partial charge in [0, 0.05) is 16.5 Å². The first-order chi connectivity index (χ1) is 11.8. The molecule has 0 saturated heterocycles. The molecule has 1 N–H and O–H groups in total. The van der Waals surface area contributed by atoms with Crippen LogP contribution in [-0.2, 0) is 0 Å². The fourth-order valence-corrected chi connectivity index (χ4v) is 2.78. The minimum atomic E-state index is -0.215. The Kier molecular flexibility index (Phi) is 4.90. The lowest BCUT2D eigenvalue weighted by Gasteiger charge is -2.04. The van der Waals surface area contributed by atoms with E-state index in [-0.39, 0.29) is 12.5 Å². The van der Waals surface area contributed by atoms with Gasteiger partial charge in [-0.2, -0.15) is 0 Å². The van der Waals surface area contributed by atoms with Crippen molar-refractivity contribution in [3.8, 4) is 29.4 Å². The first-order valence-electron chi connectivity index (χ1n) is 7.25. The van der Waals surface area contributed by atoms with Crippen LogP contribution in [0.15, 0.2) is 60.0 Å². The molecule has 3 rings (SSSR count). The summed E-state index contributed by atoms with van der Waals surface area (Å²) in [6, 6.07) is 16.6. The minimum Gasteiger partial charge on any atom is -0.481 e. The molecule has 24 heavy (non-hydrogen) atoms. The van der Waals surface area contributed by atoms with Gasteiger partial charge < -0.3 is 4.74 Å². The van der Waals surface area contributed by atoms with E-state index in [2.05, 4.69) is 16.2 Å². The number of thiazole rings is 1. The number of terminal acetylenes is 1. The number of ether oxygens (including phenoxy) is 1. The van der Waals surface area contributed by atoms with Gasteiger partial charge in [0.05, 0.1) is 5.69 Å². The lowest BCUT2D eigenvalue weighted by molar-refractivity contribution is 0.102. The molecule has 0 aliphatic rings. The molecule has 0 spiro atoms. The fraction of sp³-hybridized carbons (Fsp3) is 0.0526. The van der Waals surface area contributed by atoms with Gasteiger partial charge in [-0.25, -0.2) is 4.98 Å². The van der Waals surface area contributed by atoms with Crippen molar-refractivity contribution in [2.75, 3.05) is 11.9 Å². The average Bonchev–Trinajstić information content (AvgIpc) is 3.09. The molecule has 118 valence electrons. The largest absolute Gasteiger partial charge is 0.481 e. The molecule has 0 bridgehead atoms. The third-order valence-corrected chi connectivity index (χ3v) is 3.99. The smallest absolute Gasteiger partial charge is 0.257 e. The number of anilines is 1. The van der Waals surface area contributed by atoms with E-state index in [4.69, 9.17) is 11.2 Å². The zero-order valence-corrected chi connectivity index (χ0v) is 13.5. The normalized spacial score (nSPS) is 9.96. The predicted octanol–water partition coefficient (Wildman–Crippen LogP) is 4.07. The van der Waals surface area contributed by atoms with Crippen LogP contribution in [0.2, 0.25) is 0 Å². The highest BCUT2D eigenvalue weighted by atomic mass is 32.1. The molecule has 4 nitrogen and oxygen atoms in total. The van der Waals surface area contributed by atoms with Crippen LogP contribution in [0.1, 0.15) is 10.4 Å². The van der Waals surface area contributed by atoms with E-state index in [1.54, 1.807) is 24.3 Å². The van der Waals surface area contributed by atoms with Crippen LogP contribution >= 0.6 is 11.3 Å². The van der Waals surface area contributed by atoms with Crippen molar-refractivity contribution >= 4 is 22.4 Å². The van der Waals surface area contributed by atoms with Crippen molar-refractivity contribution in [1.82, 2.24) is 4.98 Å². The topological polar surface area (TPSA) is 51.2 Å². The molecule has 0 radical (unpaired) electrons. The maximum Gasteiger partial charge on any atom is 0.257 e.